The van der Waals surface area contributed by atoms with Gasteiger partial charge in [0.1, 0.15) is 5.75 Å². The summed E-state index contributed by atoms with van der Waals surface area (Å²) >= 11 is 11.4. The van der Waals surface area contributed by atoms with Crippen LogP contribution in [0.1, 0.15) is 12.0 Å². The molecule has 1 aliphatic rings. The average Bonchev–Trinajstić information content (AvgIpc) is 3.11. The van der Waals surface area contributed by atoms with Crippen molar-refractivity contribution in [1.82, 2.24) is 10.2 Å². The van der Waals surface area contributed by atoms with E-state index >= 15 is 0 Å². The molecule has 33 heavy (non-hydrogen) atoms. The Kier molecular flexibility index (Phi) is 7.76. The Morgan fingerprint density at radius 2 is 1.82 bits per heavy atom. The van der Waals surface area contributed by atoms with Crippen LogP contribution >= 0.6 is 23.2 Å². The van der Waals surface area contributed by atoms with E-state index < -0.39 is 29.3 Å². The quantitative estimate of drug-likeness (QED) is 0.530. The zero-order valence-corrected chi connectivity index (χ0v) is 18.8. The number of carbonyl (C=O) groups is 2. The molecule has 0 aliphatic carbocycles. The highest BCUT2D eigenvalue weighted by Gasteiger charge is 2.33. The van der Waals surface area contributed by atoms with Gasteiger partial charge in [0, 0.05) is 42.5 Å². The first-order valence-corrected chi connectivity index (χ1v) is 10.6. The second-order valence-electron chi connectivity index (χ2n) is 7.23. The van der Waals surface area contributed by atoms with Gasteiger partial charge in [0.05, 0.1) is 10.6 Å². The molecular weight excluding hydrogens is 482 g/mol. The lowest BCUT2D eigenvalue weighted by molar-refractivity contribution is -0.137. The van der Waals surface area contributed by atoms with Crippen LogP contribution < -0.4 is 15.0 Å². The maximum atomic E-state index is 12.9. The van der Waals surface area contributed by atoms with Crippen LogP contribution in [-0.4, -0.2) is 43.1 Å². The predicted molar refractivity (Wildman–Crippen MR) is 120 cm³/mol. The standard InChI is InChI=1S/C22H20Cl2F3N3O3/c1-14(8-9-29-10-11-30(21(29)32)16-4-2-15(23)3-5-16)28-20(31)13-33-17-6-7-19(24)18(12-17)22(25,26)27/h2-7,12H,1,8-11,13H2,(H,28,31). The van der Waals surface area contributed by atoms with Crippen molar-refractivity contribution in [2.24, 2.45) is 0 Å². The molecule has 176 valence electrons. The number of carbonyl (C=O) groups excluding carboxylic acids is 2. The molecule has 2 aromatic rings. The summed E-state index contributed by atoms with van der Waals surface area (Å²) < 4.78 is 43.9. The fourth-order valence-electron chi connectivity index (χ4n) is 3.18. The average molecular weight is 502 g/mol. The summed E-state index contributed by atoms with van der Waals surface area (Å²) in [7, 11) is 0. The molecule has 0 spiro atoms. The summed E-state index contributed by atoms with van der Waals surface area (Å²) in [5, 5.41) is 2.64. The van der Waals surface area contributed by atoms with Gasteiger partial charge in [-0.1, -0.05) is 29.8 Å². The van der Waals surface area contributed by atoms with Crippen molar-refractivity contribution in [3.05, 3.63) is 70.3 Å². The fraction of sp³-hybridized carbons (Fsp3) is 0.273. The zero-order valence-electron chi connectivity index (χ0n) is 17.3. The van der Waals surface area contributed by atoms with Crippen LogP contribution in [0.4, 0.5) is 23.7 Å². The third-order valence-electron chi connectivity index (χ3n) is 4.85. The molecule has 3 rings (SSSR count). The Labute approximate surface area is 198 Å². The molecule has 2 aromatic carbocycles. The highest BCUT2D eigenvalue weighted by molar-refractivity contribution is 6.31. The van der Waals surface area contributed by atoms with Gasteiger partial charge in [0.2, 0.25) is 0 Å². The van der Waals surface area contributed by atoms with Crippen LogP contribution in [0.25, 0.3) is 0 Å². The molecule has 0 aromatic heterocycles. The molecule has 1 saturated heterocycles. The Balaban J connectivity index is 1.44. The molecule has 0 unspecified atom stereocenters. The van der Waals surface area contributed by atoms with Crippen molar-refractivity contribution in [3.8, 4) is 5.75 Å². The molecule has 1 fully saturated rings. The van der Waals surface area contributed by atoms with Gasteiger partial charge in [-0.25, -0.2) is 4.79 Å². The van der Waals surface area contributed by atoms with E-state index in [-0.39, 0.29) is 11.8 Å². The summed E-state index contributed by atoms with van der Waals surface area (Å²) in [5.41, 5.74) is 0.0508. The second kappa shape index (κ2) is 10.4. The number of urea groups is 1. The second-order valence-corrected chi connectivity index (χ2v) is 8.07. The number of nitrogens with one attached hydrogen (secondary N) is 1. The first-order chi connectivity index (χ1) is 15.5. The number of halogens is 5. The van der Waals surface area contributed by atoms with Gasteiger partial charge in [0.15, 0.2) is 6.61 Å². The van der Waals surface area contributed by atoms with Crippen LogP contribution in [0.5, 0.6) is 5.75 Å². The monoisotopic (exact) mass is 501 g/mol. The molecule has 0 saturated carbocycles. The highest BCUT2D eigenvalue weighted by atomic mass is 35.5. The van der Waals surface area contributed by atoms with Crippen LogP contribution in [0.2, 0.25) is 10.0 Å². The normalized spacial score (nSPS) is 13.9. The number of alkyl halides is 3. The number of benzene rings is 2. The van der Waals surface area contributed by atoms with E-state index in [0.717, 1.165) is 17.8 Å². The van der Waals surface area contributed by atoms with Crippen LogP contribution in [0.3, 0.4) is 0 Å². The largest absolute Gasteiger partial charge is 0.484 e. The predicted octanol–water partition coefficient (Wildman–Crippen LogP) is 5.35. The topological polar surface area (TPSA) is 61.9 Å². The molecule has 0 atom stereocenters. The molecule has 1 aliphatic heterocycles. The first-order valence-electron chi connectivity index (χ1n) is 9.84. The lowest BCUT2D eigenvalue weighted by Gasteiger charge is -2.19. The van der Waals surface area contributed by atoms with Crippen molar-refractivity contribution in [3.63, 3.8) is 0 Å². The maximum Gasteiger partial charge on any atom is 0.417 e. The van der Waals surface area contributed by atoms with Gasteiger partial charge in [-0.2, -0.15) is 13.2 Å². The minimum Gasteiger partial charge on any atom is -0.484 e. The summed E-state index contributed by atoms with van der Waals surface area (Å²) in [4.78, 5) is 27.9. The number of nitrogens with zero attached hydrogens (tertiary/aromatic N) is 2. The van der Waals surface area contributed by atoms with Crippen molar-refractivity contribution in [2.45, 2.75) is 12.6 Å². The molecular formula is C22H20Cl2F3N3O3. The molecule has 1 N–H and O–H groups in total. The van der Waals surface area contributed by atoms with Gasteiger partial charge < -0.3 is 15.0 Å². The summed E-state index contributed by atoms with van der Waals surface area (Å²) in [5.74, 6) is -0.725. The van der Waals surface area contributed by atoms with E-state index in [2.05, 4.69) is 11.9 Å². The fourth-order valence-corrected chi connectivity index (χ4v) is 3.53. The number of amides is 3. The van der Waals surface area contributed by atoms with Crippen molar-refractivity contribution >= 4 is 40.8 Å². The summed E-state index contributed by atoms with van der Waals surface area (Å²) in [6, 6.07) is 9.81. The SMILES string of the molecule is C=C(CCN1CCN(c2ccc(Cl)cc2)C1=O)NC(=O)COc1ccc(Cl)c(C(F)(F)F)c1. The Bertz CT molecular complexity index is 1050. The van der Waals surface area contributed by atoms with Gasteiger partial charge in [-0.15, -0.1) is 0 Å². The van der Waals surface area contributed by atoms with E-state index in [9.17, 15) is 22.8 Å². The highest BCUT2D eigenvalue weighted by Crippen LogP contribution is 2.36. The Morgan fingerprint density at radius 3 is 2.48 bits per heavy atom. The summed E-state index contributed by atoms with van der Waals surface area (Å²) in [6.07, 6.45) is -4.33. The van der Waals surface area contributed by atoms with Crippen molar-refractivity contribution in [1.29, 1.82) is 0 Å². The lowest BCUT2D eigenvalue weighted by atomic mass is 10.2. The molecule has 0 radical (unpaired) electrons. The van der Waals surface area contributed by atoms with Crippen molar-refractivity contribution < 1.29 is 27.5 Å². The minimum absolute atomic E-state index is 0.141. The van der Waals surface area contributed by atoms with Gasteiger partial charge in [0.25, 0.3) is 5.91 Å². The first kappa shape index (κ1) is 24.7. The lowest BCUT2D eigenvalue weighted by Crippen LogP contribution is -2.34. The number of anilines is 1. The van der Waals surface area contributed by atoms with E-state index in [0.29, 0.717) is 36.8 Å². The van der Waals surface area contributed by atoms with Gasteiger partial charge in [-0.05, 0) is 42.5 Å². The number of hydrogen-bond donors (Lipinski definition) is 1. The molecule has 6 nitrogen and oxygen atoms in total. The molecule has 11 heteroatoms. The Morgan fingerprint density at radius 1 is 1.12 bits per heavy atom. The van der Waals surface area contributed by atoms with E-state index in [4.69, 9.17) is 27.9 Å². The minimum atomic E-state index is -4.64. The number of ether oxygens (including phenoxy) is 1. The number of hydrogen-bond acceptors (Lipinski definition) is 3. The maximum absolute atomic E-state index is 12.9. The van der Waals surface area contributed by atoms with Gasteiger partial charge >= 0.3 is 12.2 Å². The Hall–Kier alpha value is -2.91. The van der Waals surface area contributed by atoms with Crippen LogP contribution in [0.15, 0.2) is 54.7 Å². The van der Waals surface area contributed by atoms with Crippen LogP contribution in [0, 0.1) is 0 Å². The van der Waals surface area contributed by atoms with E-state index in [1.807, 2.05) is 0 Å². The van der Waals surface area contributed by atoms with Gasteiger partial charge in [-0.3, -0.25) is 9.69 Å². The summed E-state index contributed by atoms with van der Waals surface area (Å²) in [6.45, 7) is 4.63. The smallest absolute Gasteiger partial charge is 0.417 e. The number of rotatable bonds is 8. The van der Waals surface area contributed by atoms with Crippen LogP contribution in [-0.2, 0) is 11.0 Å². The molecule has 3 amide bonds. The van der Waals surface area contributed by atoms with E-state index in [1.54, 1.807) is 34.1 Å². The van der Waals surface area contributed by atoms with Crippen molar-refractivity contribution in [2.75, 3.05) is 31.1 Å². The third-order valence-corrected chi connectivity index (χ3v) is 5.43. The molecule has 0 bridgehead atoms. The molecule has 1 heterocycles. The zero-order chi connectivity index (χ0) is 24.2. The van der Waals surface area contributed by atoms with E-state index in [1.165, 1.54) is 6.07 Å². The third kappa shape index (κ3) is 6.55.